The summed E-state index contributed by atoms with van der Waals surface area (Å²) in [6.45, 7) is 12.8. The number of nitrogens with two attached hydrogens (primary N) is 1. The minimum Gasteiger partial charge on any atom is -0.383 e. The molecule has 0 saturated carbocycles. The van der Waals surface area contributed by atoms with Crippen LogP contribution in [0.4, 0.5) is 11.6 Å². The zero-order valence-electron chi connectivity index (χ0n) is 13.1. The summed E-state index contributed by atoms with van der Waals surface area (Å²) in [6, 6.07) is 0.392. The van der Waals surface area contributed by atoms with Crippen LogP contribution in [0.2, 0.25) is 0 Å². The van der Waals surface area contributed by atoms with Crippen LogP contribution in [0.1, 0.15) is 64.8 Å². The zero-order chi connectivity index (χ0) is 14.6. The SMILES string of the molecule is CCC(CC)C(C)Nc1nc(C(C)C)nc(N)c1C. The van der Waals surface area contributed by atoms with E-state index in [1.54, 1.807) is 0 Å². The van der Waals surface area contributed by atoms with Crippen LogP contribution >= 0.6 is 0 Å². The first-order chi connectivity index (χ1) is 8.90. The van der Waals surface area contributed by atoms with Crippen molar-refractivity contribution in [2.24, 2.45) is 5.92 Å². The topological polar surface area (TPSA) is 63.8 Å². The van der Waals surface area contributed by atoms with Gasteiger partial charge in [-0.05, 0) is 19.8 Å². The Morgan fingerprint density at radius 3 is 2.16 bits per heavy atom. The molecule has 0 aliphatic heterocycles. The molecule has 0 aliphatic rings. The molecule has 1 aromatic heterocycles. The van der Waals surface area contributed by atoms with E-state index in [1.165, 1.54) is 12.8 Å². The van der Waals surface area contributed by atoms with Crippen LogP contribution in [0, 0.1) is 12.8 Å². The zero-order valence-corrected chi connectivity index (χ0v) is 13.1. The Morgan fingerprint density at radius 1 is 1.11 bits per heavy atom. The number of anilines is 2. The standard InChI is InChI=1S/C15H28N4/c1-7-12(8-2)11(6)17-15-10(5)13(16)18-14(19-15)9(3)4/h9,11-12H,7-8H2,1-6H3,(H3,16,17,18,19). The molecule has 1 atom stereocenters. The van der Waals surface area contributed by atoms with Crippen LogP contribution in [-0.2, 0) is 0 Å². The third-order valence-electron chi connectivity index (χ3n) is 3.84. The number of nitrogens with zero attached hydrogens (tertiary/aromatic N) is 2. The molecule has 0 radical (unpaired) electrons. The fraction of sp³-hybridized carbons (Fsp3) is 0.733. The predicted octanol–water partition coefficient (Wildman–Crippen LogP) is 3.73. The maximum Gasteiger partial charge on any atom is 0.135 e. The molecular weight excluding hydrogens is 236 g/mol. The molecule has 0 amide bonds. The summed E-state index contributed by atoms with van der Waals surface area (Å²) in [5.41, 5.74) is 6.93. The number of rotatable bonds is 6. The molecule has 0 aromatic carbocycles. The van der Waals surface area contributed by atoms with Gasteiger partial charge in [-0.15, -0.1) is 0 Å². The Kier molecular flexibility index (Phi) is 5.58. The van der Waals surface area contributed by atoms with Crippen LogP contribution in [0.3, 0.4) is 0 Å². The van der Waals surface area contributed by atoms with Crippen LogP contribution in [0.5, 0.6) is 0 Å². The summed E-state index contributed by atoms with van der Waals surface area (Å²) in [5, 5.41) is 3.52. The fourth-order valence-electron chi connectivity index (χ4n) is 2.28. The van der Waals surface area contributed by atoms with Gasteiger partial charge >= 0.3 is 0 Å². The highest BCUT2D eigenvalue weighted by molar-refractivity contribution is 5.55. The highest BCUT2D eigenvalue weighted by atomic mass is 15.1. The highest BCUT2D eigenvalue weighted by Crippen LogP contribution is 2.24. The summed E-state index contributed by atoms with van der Waals surface area (Å²) >= 11 is 0. The van der Waals surface area contributed by atoms with Gasteiger partial charge < -0.3 is 11.1 Å². The van der Waals surface area contributed by atoms with E-state index in [-0.39, 0.29) is 5.92 Å². The van der Waals surface area contributed by atoms with Crippen molar-refractivity contribution in [1.82, 2.24) is 9.97 Å². The van der Waals surface area contributed by atoms with Gasteiger partial charge in [-0.25, -0.2) is 9.97 Å². The third kappa shape index (κ3) is 3.82. The first-order valence-corrected chi connectivity index (χ1v) is 7.31. The molecule has 19 heavy (non-hydrogen) atoms. The normalized spacial score (nSPS) is 13.1. The van der Waals surface area contributed by atoms with Gasteiger partial charge in [0.1, 0.15) is 17.5 Å². The molecule has 0 bridgehead atoms. The van der Waals surface area contributed by atoms with Crippen LogP contribution in [0.15, 0.2) is 0 Å². The molecule has 0 fully saturated rings. The average molecular weight is 264 g/mol. The fourth-order valence-corrected chi connectivity index (χ4v) is 2.28. The van der Waals surface area contributed by atoms with Crippen molar-refractivity contribution < 1.29 is 0 Å². The van der Waals surface area contributed by atoms with Crippen LogP contribution < -0.4 is 11.1 Å². The van der Waals surface area contributed by atoms with Gasteiger partial charge in [0.25, 0.3) is 0 Å². The molecule has 1 unspecified atom stereocenters. The quantitative estimate of drug-likeness (QED) is 0.821. The molecule has 3 N–H and O–H groups in total. The average Bonchev–Trinajstić information content (AvgIpc) is 2.35. The summed E-state index contributed by atoms with van der Waals surface area (Å²) in [6.07, 6.45) is 2.34. The monoisotopic (exact) mass is 264 g/mol. The molecule has 108 valence electrons. The molecule has 0 saturated heterocycles. The minimum atomic E-state index is 0.284. The Morgan fingerprint density at radius 2 is 1.68 bits per heavy atom. The lowest BCUT2D eigenvalue weighted by Crippen LogP contribution is -2.26. The smallest absolute Gasteiger partial charge is 0.135 e. The molecule has 1 rings (SSSR count). The second-order valence-electron chi connectivity index (χ2n) is 5.60. The van der Waals surface area contributed by atoms with E-state index < -0.39 is 0 Å². The summed E-state index contributed by atoms with van der Waals surface area (Å²) in [7, 11) is 0. The Bertz CT molecular complexity index is 411. The molecule has 0 spiro atoms. The van der Waals surface area contributed by atoms with E-state index in [0.29, 0.717) is 17.8 Å². The number of nitrogens with one attached hydrogen (secondary N) is 1. The summed E-state index contributed by atoms with van der Waals surface area (Å²) in [4.78, 5) is 8.97. The number of hydrogen-bond donors (Lipinski definition) is 2. The van der Waals surface area contributed by atoms with Crippen molar-refractivity contribution in [3.63, 3.8) is 0 Å². The molecule has 1 aromatic rings. The Labute approximate surface area is 117 Å². The van der Waals surface area contributed by atoms with Gasteiger partial charge in [-0.1, -0.05) is 40.5 Å². The second-order valence-corrected chi connectivity index (χ2v) is 5.60. The molecular formula is C15H28N4. The maximum absolute atomic E-state index is 5.98. The summed E-state index contributed by atoms with van der Waals surface area (Å²) < 4.78 is 0. The van der Waals surface area contributed by atoms with Gasteiger partial charge in [0, 0.05) is 17.5 Å². The Balaban J connectivity index is 2.99. The number of aromatic nitrogens is 2. The second kappa shape index (κ2) is 6.73. The van der Waals surface area contributed by atoms with Crippen molar-refractivity contribution in [3.8, 4) is 0 Å². The van der Waals surface area contributed by atoms with Crippen molar-refractivity contribution in [3.05, 3.63) is 11.4 Å². The lowest BCUT2D eigenvalue weighted by molar-refractivity contribution is 0.436. The largest absolute Gasteiger partial charge is 0.383 e. The lowest BCUT2D eigenvalue weighted by atomic mass is 9.95. The van der Waals surface area contributed by atoms with Crippen molar-refractivity contribution in [2.75, 3.05) is 11.1 Å². The van der Waals surface area contributed by atoms with Gasteiger partial charge in [-0.3, -0.25) is 0 Å². The summed E-state index contributed by atoms with van der Waals surface area (Å²) in [5.74, 6) is 3.21. The van der Waals surface area contributed by atoms with Gasteiger partial charge in [0.05, 0.1) is 0 Å². The van der Waals surface area contributed by atoms with E-state index in [1.807, 2.05) is 6.92 Å². The van der Waals surface area contributed by atoms with Gasteiger partial charge in [0.2, 0.25) is 0 Å². The van der Waals surface area contributed by atoms with E-state index >= 15 is 0 Å². The maximum atomic E-state index is 5.98. The molecule has 4 nitrogen and oxygen atoms in total. The third-order valence-corrected chi connectivity index (χ3v) is 3.84. The van der Waals surface area contributed by atoms with E-state index in [4.69, 9.17) is 5.73 Å². The minimum absolute atomic E-state index is 0.284. The first-order valence-electron chi connectivity index (χ1n) is 7.31. The highest BCUT2D eigenvalue weighted by Gasteiger charge is 2.17. The van der Waals surface area contributed by atoms with Gasteiger partial charge in [-0.2, -0.15) is 0 Å². The van der Waals surface area contributed by atoms with Gasteiger partial charge in [0.15, 0.2) is 0 Å². The number of nitrogen functional groups attached to an aromatic ring is 1. The van der Waals surface area contributed by atoms with Crippen LogP contribution in [-0.4, -0.2) is 16.0 Å². The van der Waals surface area contributed by atoms with E-state index in [0.717, 1.165) is 17.2 Å². The number of hydrogen-bond acceptors (Lipinski definition) is 4. The lowest BCUT2D eigenvalue weighted by Gasteiger charge is -2.24. The van der Waals surface area contributed by atoms with E-state index in [9.17, 15) is 0 Å². The predicted molar refractivity (Wildman–Crippen MR) is 82.4 cm³/mol. The van der Waals surface area contributed by atoms with Crippen LogP contribution in [0.25, 0.3) is 0 Å². The van der Waals surface area contributed by atoms with Crippen molar-refractivity contribution in [1.29, 1.82) is 0 Å². The van der Waals surface area contributed by atoms with Crippen molar-refractivity contribution in [2.45, 2.75) is 66.3 Å². The van der Waals surface area contributed by atoms with Crippen molar-refractivity contribution >= 4 is 11.6 Å². The Hall–Kier alpha value is -1.32. The molecule has 1 heterocycles. The molecule has 0 aliphatic carbocycles. The molecule has 4 heteroatoms. The van der Waals surface area contributed by atoms with E-state index in [2.05, 4.69) is 49.9 Å². The first kappa shape index (κ1) is 15.7.